The number of aromatic nitrogens is 3. The van der Waals surface area contributed by atoms with Crippen LogP contribution < -0.4 is 10.9 Å². The van der Waals surface area contributed by atoms with Crippen molar-refractivity contribution in [1.29, 1.82) is 0 Å². The first-order chi connectivity index (χ1) is 11.1. The Bertz CT molecular complexity index is 733. The van der Waals surface area contributed by atoms with E-state index in [0.717, 1.165) is 11.4 Å². The van der Waals surface area contributed by atoms with E-state index >= 15 is 0 Å². The molecule has 0 aromatic carbocycles. The van der Waals surface area contributed by atoms with Gasteiger partial charge in [-0.05, 0) is 26.0 Å². The van der Waals surface area contributed by atoms with Crippen molar-refractivity contribution >= 4 is 5.91 Å². The van der Waals surface area contributed by atoms with Gasteiger partial charge >= 0.3 is 0 Å². The molecule has 0 spiro atoms. The van der Waals surface area contributed by atoms with Gasteiger partial charge in [0, 0.05) is 32.1 Å². The summed E-state index contributed by atoms with van der Waals surface area (Å²) in [4.78, 5) is 28.7. The first kappa shape index (κ1) is 17.0. The van der Waals surface area contributed by atoms with Gasteiger partial charge in [-0.2, -0.15) is 0 Å². The predicted octanol–water partition coefficient (Wildman–Crippen LogP) is 0.950. The van der Waals surface area contributed by atoms with Crippen molar-refractivity contribution in [2.75, 3.05) is 13.7 Å². The summed E-state index contributed by atoms with van der Waals surface area (Å²) in [7, 11) is 1.63. The van der Waals surface area contributed by atoms with Crippen molar-refractivity contribution in [3.8, 4) is 0 Å². The average molecular weight is 318 g/mol. The number of methoxy groups -OCH3 is 1. The Balaban J connectivity index is 2.09. The molecule has 0 aliphatic rings. The second kappa shape index (κ2) is 7.73. The third kappa shape index (κ3) is 3.87. The van der Waals surface area contributed by atoms with Gasteiger partial charge in [-0.25, -0.2) is 4.98 Å². The maximum Gasteiger partial charge on any atom is 0.263 e. The molecular weight excluding hydrogens is 296 g/mol. The highest BCUT2D eigenvalue weighted by Crippen LogP contribution is 2.02. The van der Waals surface area contributed by atoms with Gasteiger partial charge in [0.2, 0.25) is 0 Å². The summed E-state index contributed by atoms with van der Waals surface area (Å²) in [6.07, 6.45) is 3.38. The first-order valence-electron chi connectivity index (χ1n) is 7.55. The maximum absolute atomic E-state index is 12.3. The Labute approximate surface area is 134 Å². The molecule has 0 saturated carbocycles. The van der Waals surface area contributed by atoms with Gasteiger partial charge in [-0.1, -0.05) is 0 Å². The lowest BCUT2D eigenvalue weighted by Crippen LogP contribution is -2.33. The largest absolute Gasteiger partial charge is 0.383 e. The van der Waals surface area contributed by atoms with Crippen molar-refractivity contribution < 1.29 is 9.53 Å². The molecule has 2 rings (SSSR count). The molecule has 2 heterocycles. The van der Waals surface area contributed by atoms with E-state index in [1.54, 1.807) is 36.3 Å². The molecule has 2 aromatic rings. The van der Waals surface area contributed by atoms with E-state index in [1.165, 1.54) is 0 Å². The number of carbonyl (C=O) groups is 1. The van der Waals surface area contributed by atoms with Crippen LogP contribution in [0.3, 0.4) is 0 Å². The van der Waals surface area contributed by atoms with E-state index in [-0.39, 0.29) is 17.0 Å². The average Bonchev–Trinajstić information content (AvgIpc) is 2.98. The summed E-state index contributed by atoms with van der Waals surface area (Å²) < 4.78 is 8.52. The van der Waals surface area contributed by atoms with Crippen LogP contribution in [-0.4, -0.2) is 33.7 Å². The molecule has 0 aliphatic carbocycles. The third-order valence-corrected chi connectivity index (χ3v) is 3.72. The second-order valence-corrected chi connectivity index (χ2v) is 5.19. The minimum Gasteiger partial charge on any atom is -0.383 e. The number of amides is 1. The molecule has 0 saturated heterocycles. The molecule has 23 heavy (non-hydrogen) atoms. The first-order valence-corrected chi connectivity index (χ1v) is 7.55. The smallest absolute Gasteiger partial charge is 0.263 e. The van der Waals surface area contributed by atoms with Crippen molar-refractivity contribution in [2.45, 2.75) is 33.5 Å². The van der Waals surface area contributed by atoms with Gasteiger partial charge in [0.05, 0.1) is 25.2 Å². The van der Waals surface area contributed by atoms with Gasteiger partial charge in [0.1, 0.15) is 5.56 Å². The number of pyridine rings is 1. The number of hydrogen-bond acceptors (Lipinski definition) is 4. The highest BCUT2D eigenvalue weighted by molar-refractivity contribution is 5.93. The van der Waals surface area contributed by atoms with Crippen molar-refractivity contribution in [2.24, 2.45) is 0 Å². The molecule has 0 bridgehead atoms. The highest BCUT2D eigenvalue weighted by atomic mass is 16.5. The molecule has 0 aliphatic heterocycles. The van der Waals surface area contributed by atoms with Crippen LogP contribution in [0.4, 0.5) is 0 Å². The summed E-state index contributed by atoms with van der Waals surface area (Å²) >= 11 is 0. The molecule has 1 N–H and O–H groups in total. The lowest BCUT2D eigenvalue weighted by Gasteiger charge is -2.11. The van der Waals surface area contributed by atoms with Crippen LogP contribution in [0.1, 0.15) is 28.7 Å². The Morgan fingerprint density at radius 1 is 1.39 bits per heavy atom. The molecule has 0 unspecified atom stereocenters. The lowest BCUT2D eigenvalue weighted by molar-refractivity contribution is 0.0947. The van der Waals surface area contributed by atoms with Gasteiger partial charge < -0.3 is 19.2 Å². The standard InChI is InChI=1S/C16H22N4O3/c1-4-20-12(2)5-6-14(16(20)22)15(21)18-10-13-9-17-11-19(13)7-8-23-3/h5-6,9,11H,4,7-8,10H2,1-3H3,(H,18,21). The number of aryl methyl sites for hydroxylation is 1. The number of ether oxygens (including phenoxy) is 1. The van der Waals surface area contributed by atoms with Crippen LogP contribution in [0.25, 0.3) is 0 Å². The molecule has 1 amide bonds. The predicted molar refractivity (Wildman–Crippen MR) is 86.4 cm³/mol. The fraction of sp³-hybridized carbons (Fsp3) is 0.438. The number of rotatable bonds is 7. The molecule has 0 radical (unpaired) electrons. The Hall–Kier alpha value is -2.41. The Morgan fingerprint density at radius 2 is 2.17 bits per heavy atom. The monoisotopic (exact) mass is 318 g/mol. The van der Waals surface area contributed by atoms with E-state index in [1.807, 2.05) is 18.4 Å². The van der Waals surface area contributed by atoms with Crippen molar-refractivity contribution in [3.05, 3.63) is 52.0 Å². The topological polar surface area (TPSA) is 78.2 Å². The van der Waals surface area contributed by atoms with Gasteiger partial charge in [0.25, 0.3) is 11.5 Å². The fourth-order valence-corrected chi connectivity index (χ4v) is 2.39. The summed E-state index contributed by atoms with van der Waals surface area (Å²) in [6.45, 7) is 5.80. The highest BCUT2D eigenvalue weighted by Gasteiger charge is 2.13. The van der Waals surface area contributed by atoms with Gasteiger partial charge in [-0.15, -0.1) is 0 Å². The molecule has 2 aromatic heterocycles. The van der Waals surface area contributed by atoms with E-state index in [4.69, 9.17) is 4.74 Å². The fourth-order valence-electron chi connectivity index (χ4n) is 2.39. The zero-order valence-electron chi connectivity index (χ0n) is 13.7. The second-order valence-electron chi connectivity index (χ2n) is 5.19. The minimum atomic E-state index is -0.378. The molecule has 0 fully saturated rings. The van der Waals surface area contributed by atoms with Gasteiger partial charge in [0.15, 0.2) is 0 Å². The summed E-state index contributed by atoms with van der Waals surface area (Å²) in [5, 5.41) is 2.78. The molecule has 7 nitrogen and oxygen atoms in total. The lowest BCUT2D eigenvalue weighted by atomic mass is 10.2. The Morgan fingerprint density at radius 3 is 2.87 bits per heavy atom. The number of carbonyl (C=O) groups excluding carboxylic acids is 1. The molecular formula is C16H22N4O3. The number of nitrogens with zero attached hydrogens (tertiary/aromatic N) is 3. The van der Waals surface area contributed by atoms with E-state index in [2.05, 4.69) is 10.3 Å². The zero-order valence-corrected chi connectivity index (χ0v) is 13.7. The van der Waals surface area contributed by atoms with E-state index in [9.17, 15) is 9.59 Å². The zero-order chi connectivity index (χ0) is 16.8. The van der Waals surface area contributed by atoms with Crippen LogP contribution in [0, 0.1) is 6.92 Å². The quantitative estimate of drug-likeness (QED) is 0.824. The van der Waals surface area contributed by atoms with Crippen LogP contribution in [0.2, 0.25) is 0 Å². The summed E-state index contributed by atoms with van der Waals surface area (Å²) in [5.74, 6) is -0.378. The maximum atomic E-state index is 12.3. The van der Waals surface area contributed by atoms with Crippen LogP contribution >= 0.6 is 0 Å². The number of imidazole rings is 1. The normalized spacial score (nSPS) is 10.7. The van der Waals surface area contributed by atoms with E-state index in [0.29, 0.717) is 26.2 Å². The SMILES string of the molecule is CCn1c(C)ccc(C(=O)NCc2cncn2CCOC)c1=O. The minimum absolute atomic E-state index is 0.153. The van der Waals surface area contributed by atoms with E-state index < -0.39 is 0 Å². The van der Waals surface area contributed by atoms with Crippen molar-refractivity contribution in [1.82, 2.24) is 19.4 Å². The van der Waals surface area contributed by atoms with Crippen LogP contribution in [0.15, 0.2) is 29.5 Å². The summed E-state index contributed by atoms with van der Waals surface area (Å²) in [6, 6.07) is 3.35. The molecule has 7 heteroatoms. The van der Waals surface area contributed by atoms with Crippen LogP contribution in [-0.2, 0) is 24.4 Å². The number of hydrogen-bond donors (Lipinski definition) is 1. The summed E-state index contributed by atoms with van der Waals surface area (Å²) in [5.41, 5.74) is 1.59. The third-order valence-electron chi connectivity index (χ3n) is 3.72. The number of nitrogens with one attached hydrogen (secondary N) is 1. The molecule has 124 valence electrons. The van der Waals surface area contributed by atoms with Crippen molar-refractivity contribution in [3.63, 3.8) is 0 Å². The van der Waals surface area contributed by atoms with Gasteiger partial charge in [-0.3, -0.25) is 9.59 Å². The Kier molecular flexibility index (Phi) is 5.70. The molecule has 0 atom stereocenters. The van der Waals surface area contributed by atoms with Crippen LogP contribution in [0.5, 0.6) is 0 Å².